The van der Waals surface area contributed by atoms with Gasteiger partial charge in [0.25, 0.3) is 0 Å². The number of rotatable bonds is 3. The molecule has 0 aromatic heterocycles. The van der Waals surface area contributed by atoms with Crippen LogP contribution < -0.4 is 0 Å². The van der Waals surface area contributed by atoms with Gasteiger partial charge in [-0.05, 0) is 63.2 Å². The molecule has 4 nitrogen and oxygen atoms in total. The maximum absolute atomic E-state index is 11.6. The van der Waals surface area contributed by atoms with Crippen molar-refractivity contribution in [3.05, 3.63) is 0 Å². The third kappa shape index (κ3) is 3.59. The number of hydrogen-bond acceptors (Lipinski definition) is 4. The van der Waals surface area contributed by atoms with E-state index in [1.807, 2.05) is 0 Å². The Hall–Kier alpha value is -0.610. The van der Waals surface area contributed by atoms with Crippen molar-refractivity contribution in [1.29, 1.82) is 0 Å². The lowest BCUT2D eigenvalue weighted by Crippen LogP contribution is -2.31. The Kier molecular flexibility index (Phi) is 5.17. The van der Waals surface area contributed by atoms with Crippen LogP contribution in [0.5, 0.6) is 0 Å². The van der Waals surface area contributed by atoms with Crippen LogP contribution in [0.3, 0.4) is 0 Å². The Labute approximate surface area is 127 Å². The molecule has 0 bridgehead atoms. The van der Waals surface area contributed by atoms with Gasteiger partial charge in [-0.25, -0.2) is 0 Å². The van der Waals surface area contributed by atoms with Gasteiger partial charge >= 0.3 is 5.97 Å². The summed E-state index contributed by atoms with van der Waals surface area (Å²) in [6.45, 7) is 1.53. The largest absolute Gasteiger partial charge is 0.469 e. The van der Waals surface area contributed by atoms with E-state index in [-0.39, 0.29) is 18.2 Å². The van der Waals surface area contributed by atoms with Crippen molar-refractivity contribution in [2.24, 2.45) is 23.7 Å². The summed E-state index contributed by atoms with van der Waals surface area (Å²) in [6, 6.07) is 0. The summed E-state index contributed by atoms with van der Waals surface area (Å²) < 4.78 is 16.2. The molecule has 0 amide bonds. The molecule has 4 heteroatoms. The molecule has 1 saturated heterocycles. The molecule has 0 atom stereocenters. The van der Waals surface area contributed by atoms with Gasteiger partial charge in [0.15, 0.2) is 6.29 Å². The van der Waals surface area contributed by atoms with Crippen molar-refractivity contribution < 1.29 is 19.0 Å². The highest BCUT2D eigenvalue weighted by atomic mass is 16.7. The van der Waals surface area contributed by atoms with E-state index in [0.29, 0.717) is 5.92 Å². The smallest absolute Gasteiger partial charge is 0.308 e. The van der Waals surface area contributed by atoms with Crippen LogP contribution in [0.4, 0.5) is 0 Å². The normalized spacial score (nSPS) is 38.3. The third-order valence-corrected chi connectivity index (χ3v) is 5.82. The molecule has 2 saturated carbocycles. The Morgan fingerprint density at radius 2 is 1.29 bits per heavy atom. The Morgan fingerprint density at radius 1 is 0.810 bits per heavy atom. The molecular formula is C17H28O4. The van der Waals surface area contributed by atoms with Crippen LogP contribution in [-0.4, -0.2) is 32.6 Å². The first-order valence-electron chi connectivity index (χ1n) is 8.59. The number of hydrogen-bond donors (Lipinski definition) is 0. The lowest BCUT2D eigenvalue weighted by molar-refractivity contribution is -0.147. The molecule has 2 aliphatic carbocycles. The Bertz CT molecular complexity index is 335. The molecule has 120 valence electrons. The van der Waals surface area contributed by atoms with Gasteiger partial charge in [0.2, 0.25) is 0 Å². The minimum atomic E-state index is -0.00677. The average Bonchev–Trinajstić information content (AvgIpc) is 3.09. The van der Waals surface area contributed by atoms with E-state index in [4.69, 9.17) is 14.2 Å². The lowest BCUT2D eigenvalue weighted by Gasteiger charge is -2.38. The summed E-state index contributed by atoms with van der Waals surface area (Å²) in [5, 5.41) is 0. The van der Waals surface area contributed by atoms with E-state index in [1.165, 1.54) is 45.6 Å². The summed E-state index contributed by atoms with van der Waals surface area (Å²) in [5.74, 6) is 2.42. The molecule has 3 fully saturated rings. The van der Waals surface area contributed by atoms with Gasteiger partial charge in [-0.2, -0.15) is 0 Å². The first-order valence-corrected chi connectivity index (χ1v) is 8.59. The summed E-state index contributed by atoms with van der Waals surface area (Å²) in [7, 11) is 1.50. The van der Waals surface area contributed by atoms with Gasteiger partial charge < -0.3 is 14.2 Å². The van der Waals surface area contributed by atoms with E-state index in [1.54, 1.807) is 0 Å². The van der Waals surface area contributed by atoms with Gasteiger partial charge in [-0.15, -0.1) is 0 Å². The fraction of sp³-hybridized carbons (Fsp3) is 0.941. The van der Waals surface area contributed by atoms with Crippen molar-refractivity contribution >= 4 is 5.97 Å². The van der Waals surface area contributed by atoms with E-state index < -0.39 is 0 Å². The van der Waals surface area contributed by atoms with Crippen LogP contribution in [0, 0.1) is 23.7 Å². The predicted molar refractivity (Wildman–Crippen MR) is 78.6 cm³/mol. The maximum Gasteiger partial charge on any atom is 0.308 e. The standard InChI is InChI=1S/C17H28O4/c1-19-16(18)14-6-2-12(3-7-14)13-4-8-15(9-5-13)17-20-10-11-21-17/h12-15,17H,2-11H2,1H3/t12-,13?,14-,15?. The second kappa shape index (κ2) is 7.10. The van der Waals surface area contributed by atoms with Crippen molar-refractivity contribution in [2.75, 3.05) is 20.3 Å². The molecule has 0 aromatic rings. The third-order valence-electron chi connectivity index (χ3n) is 5.82. The molecule has 3 aliphatic rings. The number of ether oxygens (including phenoxy) is 3. The van der Waals surface area contributed by atoms with Crippen LogP contribution >= 0.6 is 0 Å². The van der Waals surface area contributed by atoms with E-state index >= 15 is 0 Å². The first-order chi connectivity index (χ1) is 10.3. The van der Waals surface area contributed by atoms with Crippen LogP contribution in [-0.2, 0) is 19.0 Å². The first kappa shape index (κ1) is 15.3. The van der Waals surface area contributed by atoms with Gasteiger partial charge in [0.1, 0.15) is 0 Å². The van der Waals surface area contributed by atoms with Gasteiger partial charge in [-0.3, -0.25) is 4.79 Å². The number of esters is 1. The molecule has 1 aliphatic heterocycles. The van der Waals surface area contributed by atoms with Crippen LogP contribution in [0.25, 0.3) is 0 Å². The summed E-state index contributed by atoms with van der Waals surface area (Å²) in [5.41, 5.74) is 0. The highest BCUT2D eigenvalue weighted by Crippen LogP contribution is 2.42. The van der Waals surface area contributed by atoms with Crippen molar-refractivity contribution in [3.8, 4) is 0 Å². The summed E-state index contributed by atoms with van der Waals surface area (Å²) >= 11 is 0. The summed E-state index contributed by atoms with van der Waals surface area (Å²) in [4.78, 5) is 11.6. The fourth-order valence-electron chi connectivity index (χ4n) is 4.53. The second-order valence-electron chi connectivity index (χ2n) is 6.92. The Balaban J connectivity index is 1.42. The van der Waals surface area contributed by atoms with Crippen LogP contribution in [0.15, 0.2) is 0 Å². The molecule has 21 heavy (non-hydrogen) atoms. The molecule has 0 unspecified atom stereocenters. The van der Waals surface area contributed by atoms with Crippen molar-refractivity contribution in [2.45, 2.75) is 57.7 Å². The van der Waals surface area contributed by atoms with Crippen molar-refractivity contribution in [1.82, 2.24) is 0 Å². The molecular weight excluding hydrogens is 268 g/mol. The lowest BCUT2D eigenvalue weighted by atomic mass is 9.69. The van der Waals surface area contributed by atoms with Crippen LogP contribution in [0.1, 0.15) is 51.4 Å². The topological polar surface area (TPSA) is 44.8 Å². The minimum Gasteiger partial charge on any atom is -0.469 e. The molecule has 1 heterocycles. The predicted octanol–water partition coefficient (Wildman–Crippen LogP) is 3.15. The van der Waals surface area contributed by atoms with Gasteiger partial charge in [0, 0.05) is 5.92 Å². The number of carbonyl (C=O) groups excluding carboxylic acids is 1. The zero-order valence-corrected chi connectivity index (χ0v) is 13.1. The summed E-state index contributed by atoms with van der Waals surface area (Å²) in [6.07, 6.45) is 9.61. The van der Waals surface area contributed by atoms with Gasteiger partial charge in [-0.1, -0.05) is 0 Å². The second-order valence-corrected chi connectivity index (χ2v) is 6.92. The highest BCUT2D eigenvalue weighted by Gasteiger charge is 2.36. The van der Waals surface area contributed by atoms with Crippen LogP contribution in [0.2, 0.25) is 0 Å². The molecule has 3 rings (SSSR count). The SMILES string of the molecule is COC(=O)[C@H]1CC[C@H](C2CCC(C3OCCO3)CC2)CC1. The number of methoxy groups -OCH3 is 1. The molecule has 0 aromatic carbocycles. The molecule has 0 N–H and O–H groups in total. The molecule has 0 spiro atoms. The monoisotopic (exact) mass is 296 g/mol. The van der Waals surface area contributed by atoms with E-state index in [9.17, 15) is 4.79 Å². The van der Waals surface area contributed by atoms with E-state index in [0.717, 1.165) is 37.9 Å². The maximum atomic E-state index is 11.6. The zero-order chi connectivity index (χ0) is 14.7. The van der Waals surface area contributed by atoms with E-state index in [2.05, 4.69) is 0 Å². The average molecular weight is 296 g/mol. The Morgan fingerprint density at radius 3 is 1.81 bits per heavy atom. The quantitative estimate of drug-likeness (QED) is 0.751. The molecule has 0 radical (unpaired) electrons. The highest BCUT2D eigenvalue weighted by molar-refractivity contribution is 5.72. The fourth-order valence-corrected chi connectivity index (χ4v) is 4.53. The van der Waals surface area contributed by atoms with Crippen molar-refractivity contribution in [3.63, 3.8) is 0 Å². The van der Waals surface area contributed by atoms with Gasteiger partial charge in [0.05, 0.1) is 26.2 Å². The zero-order valence-electron chi connectivity index (χ0n) is 13.1. The minimum absolute atomic E-state index is 0.00677. The number of carbonyl (C=O) groups is 1.